The first-order chi connectivity index (χ1) is 29.5. The zero-order valence-electron chi connectivity index (χ0n) is 33.0. The van der Waals surface area contributed by atoms with Crippen molar-refractivity contribution in [1.82, 2.24) is 5.32 Å². The number of ether oxygens (including phenoxy) is 2. The number of benzene rings is 5. The number of nitro benzene ring substituents is 1. The van der Waals surface area contributed by atoms with Gasteiger partial charge < -0.3 is 46.3 Å². The highest BCUT2D eigenvalue weighted by Crippen LogP contribution is 2.29. The minimum atomic E-state index is -1.82. The van der Waals surface area contributed by atoms with E-state index in [1.807, 2.05) is 0 Å². The summed E-state index contributed by atoms with van der Waals surface area (Å²) in [5.41, 5.74) is 1.34. The monoisotopic (exact) mass is 846 g/mol. The van der Waals surface area contributed by atoms with Crippen LogP contribution in [-0.2, 0) is 14.3 Å². The van der Waals surface area contributed by atoms with Crippen molar-refractivity contribution in [3.05, 3.63) is 153 Å². The molecule has 0 saturated carbocycles. The number of nitrogens with one attached hydrogen (secondary N) is 5. The molecule has 0 heterocycles. The second-order valence-corrected chi connectivity index (χ2v) is 13.5. The Morgan fingerprint density at radius 1 is 0.581 bits per heavy atom. The van der Waals surface area contributed by atoms with Gasteiger partial charge in [-0.05, 0) is 117 Å². The molecule has 0 aromatic heterocycles. The Morgan fingerprint density at radius 3 is 1.48 bits per heavy atom. The summed E-state index contributed by atoms with van der Waals surface area (Å²) in [5, 5.41) is 42.7. The third-order valence-electron chi connectivity index (χ3n) is 8.77. The van der Waals surface area contributed by atoms with Gasteiger partial charge in [-0.2, -0.15) is 0 Å². The highest BCUT2D eigenvalue weighted by molar-refractivity contribution is 6.09. The molecule has 0 aliphatic heterocycles. The van der Waals surface area contributed by atoms with Crippen molar-refractivity contribution in [2.75, 3.05) is 28.4 Å². The average Bonchev–Trinajstić information content (AvgIpc) is 3.24. The molecule has 5 aromatic rings. The van der Waals surface area contributed by atoms with E-state index in [1.165, 1.54) is 115 Å². The lowest BCUT2D eigenvalue weighted by Gasteiger charge is -2.23. The number of nitro groups is 1. The van der Waals surface area contributed by atoms with Gasteiger partial charge in [0, 0.05) is 58.6 Å². The summed E-state index contributed by atoms with van der Waals surface area (Å²) in [4.78, 5) is 99.1. The number of carboxylic acid groups (broad SMARTS) is 2. The number of rotatable bonds is 17. The van der Waals surface area contributed by atoms with E-state index in [1.54, 1.807) is 13.8 Å². The summed E-state index contributed by atoms with van der Waals surface area (Å²) in [6.45, 7) is 3.51. The number of anilines is 4. The Kier molecular flexibility index (Phi) is 14.4. The minimum absolute atomic E-state index is 0.00333. The van der Waals surface area contributed by atoms with Crippen LogP contribution in [0.4, 0.5) is 28.4 Å². The van der Waals surface area contributed by atoms with Crippen molar-refractivity contribution in [2.45, 2.75) is 32.1 Å². The molecule has 0 aliphatic carbocycles. The SMILES string of the molecule is COC(C(=O)O)C(NC(=O)c1ccc(NC(=O)c2ccc([N+](=O)[O-])cc2)cc1)C(=O)Nc1ccc(C(=O)Nc2ccc(C(=O)Nc3ccc(C(=O)O)cc3)cc2OC(C)C)cc1. The number of aliphatic carboxylic acids is 1. The predicted octanol–water partition coefficient (Wildman–Crippen LogP) is 5.67. The van der Waals surface area contributed by atoms with Gasteiger partial charge in [0.25, 0.3) is 29.3 Å². The van der Waals surface area contributed by atoms with Crippen LogP contribution in [0.2, 0.25) is 0 Å². The number of carbonyl (C=O) groups excluding carboxylic acids is 5. The summed E-state index contributed by atoms with van der Waals surface area (Å²) >= 11 is 0. The molecule has 2 unspecified atom stereocenters. The number of hydrogen-bond donors (Lipinski definition) is 7. The van der Waals surface area contributed by atoms with Crippen LogP contribution >= 0.6 is 0 Å². The molecule has 19 heteroatoms. The molecule has 19 nitrogen and oxygen atoms in total. The summed E-state index contributed by atoms with van der Waals surface area (Å²) in [6, 6.07) is 24.1. The lowest BCUT2D eigenvalue weighted by atomic mass is 10.1. The molecular formula is C43H38N6O13. The normalized spacial score (nSPS) is 11.6. The van der Waals surface area contributed by atoms with Crippen molar-refractivity contribution >= 4 is 69.9 Å². The van der Waals surface area contributed by atoms with Crippen LogP contribution in [0, 0.1) is 10.1 Å². The van der Waals surface area contributed by atoms with Gasteiger partial charge in [0.1, 0.15) is 11.8 Å². The number of aromatic carboxylic acids is 1. The van der Waals surface area contributed by atoms with Crippen LogP contribution in [0.1, 0.15) is 65.6 Å². The van der Waals surface area contributed by atoms with Crippen molar-refractivity contribution in [1.29, 1.82) is 0 Å². The Bertz CT molecular complexity index is 2510. The fraction of sp³-hybridized carbons (Fsp3) is 0.140. The highest BCUT2D eigenvalue weighted by atomic mass is 16.6. The third-order valence-corrected chi connectivity index (χ3v) is 8.77. The van der Waals surface area contributed by atoms with Gasteiger partial charge in [0.05, 0.1) is 22.3 Å². The maximum Gasteiger partial charge on any atom is 0.335 e. The third kappa shape index (κ3) is 11.6. The Morgan fingerprint density at radius 2 is 1.02 bits per heavy atom. The van der Waals surface area contributed by atoms with Gasteiger partial charge in [-0.15, -0.1) is 0 Å². The lowest BCUT2D eigenvalue weighted by Crippen LogP contribution is -2.54. The molecule has 0 bridgehead atoms. The maximum atomic E-state index is 13.5. The largest absolute Gasteiger partial charge is 0.489 e. The highest BCUT2D eigenvalue weighted by Gasteiger charge is 2.36. The lowest BCUT2D eigenvalue weighted by molar-refractivity contribution is -0.384. The first kappa shape index (κ1) is 44.6. The maximum absolute atomic E-state index is 13.5. The van der Waals surface area contributed by atoms with Gasteiger partial charge >= 0.3 is 11.9 Å². The second-order valence-electron chi connectivity index (χ2n) is 13.5. The van der Waals surface area contributed by atoms with E-state index in [4.69, 9.17) is 14.6 Å². The van der Waals surface area contributed by atoms with Crippen molar-refractivity contribution in [2.24, 2.45) is 0 Å². The van der Waals surface area contributed by atoms with E-state index in [-0.39, 0.29) is 62.4 Å². The standard InChI is InChI=1S/C43H38N6O13/c1-23(2)62-34-22-28(40(53)45-30-17-8-27(9-18-30)42(55)56)12-21-33(34)47-38(51)24-4-15-31(16-5-24)46-41(54)35(36(61-3)43(57)58)48-39(52)25-6-13-29(14-7-25)44-37(50)26-10-19-32(20-11-26)49(59)60/h4-23,35-36H,1-3H3,(H,44,50)(H,45,53)(H,46,54)(H,47,51)(H,48,52)(H,55,56)(H,57,58). The Hall–Kier alpha value is -8.45. The quantitative estimate of drug-likeness (QED) is 0.0439. The van der Waals surface area contributed by atoms with Crippen molar-refractivity contribution in [3.63, 3.8) is 0 Å². The van der Waals surface area contributed by atoms with E-state index in [2.05, 4.69) is 26.6 Å². The minimum Gasteiger partial charge on any atom is -0.489 e. The van der Waals surface area contributed by atoms with E-state index < -0.39 is 58.5 Å². The van der Waals surface area contributed by atoms with Gasteiger partial charge in [0.15, 0.2) is 6.10 Å². The van der Waals surface area contributed by atoms with E-state index >= 15 is 0 Å². The van der Waals surface area contributed by atoms with Crippen LogP contribution in [0.3, 0.4) is 0 Å². The smallest absolute Gasteiger partial charge is 0.335 e. The molecule has 0 fully saturated rings. The molecule has 2 atom stereocenters. The zero-order valence-corrected chi connectivity index (χ0v) is 33.0. The molecule has 0 radical (unpaired) electrons. The first-order valence-corrected chi connectivity index (χ1v) is 18.4. The van der Waals surface area contributed by atoms with E-state index in [0.29, 0.717) is 5.69 Å². The zero-order chi connectivity index (χ0) is 45.1. The number of amides is 5. The Balaban J connectivity index is 1.23. The molecule has 0 aliphatic rings. The molecule has 62 heavy (non-hydrogen) atoms. The number of non-ortho nitro benzene ring substituents is 1. The fourth-order valence-electron chi connectivity index (χ4n) is 5.66. The van der Waals surface area contributed by atoms with Gasteiger partial charge in [-0.1, -0.05) is 0 Å². The summed E-state index contributed by atoms with van der Waals surface area (Å²) in [5.74, 6) is -5.96. The molecule has 0 saturated heterocycles. The average molecular weight is 847 g/mol. The Labute approximate surface area is 352 Å². The van der Waals surface area contributed by atoms with Crippen LogP contribution in [0.15, 0.2) is 115 Å². The number of carboxylic acids is 2. The van der Waals surface area contributed by atoms with Crippen molar-refractivity contribution < 1.29 is 58.2 Å². The molecule has 5 rings (SSSR count). The topological polar surface area (TPSA) is 282 Å². The molecule has 7 N–H and O–H groups in total. The predicted molar refractivity (Wildman–Crippen MR) is 224 cm³/mol. The van der Waals surface area contributed by atoms with E-state index in [0.717, 1.165) is 7.11 Å². The van der Waals surface area contributed by atoms with E-state index in [9.17, 15) is 48.8 Å². The number of nitrogens with zero attached hydrogens (tertiary/aromatic N) is 1. The molecule has 318 valence electrons. The van der Waals surface area contributed by atoms with Gasteiger partial charge in [-0.3, -0.25) is 34.1 Å². The van der Waals surface area contributed by atoms with Crippen LogP contribution in [0.25, 0.3) is 0 Å². The summed E-state index contributed by atoms with van der Waals surface area (Å²) in [7, 11) is 1.05. The van der Waals surface area contributed by atoms with Crippen molar-refractivity contribution in [3.8, 4) is 5.75 Å². The second kappa shape index (κ2) is 20.0. The summed E-state index contributed by atoms with van der Waals surface area (Å²) < 4.78 is 10.9. The molecule has 5 aromatic carbocycles. The summed E-state index contributed by atoms with van der Waals surface area (Å²) in [6.07, 6.45) is -2.17. The fourth-order valence-corrected chi connectivity index (χ4v) is 5.66. The van der Waals surface area contributed by atoms with Crippen LogP contribution in [-0.4, -0.2) is 82.0 Å². The number of carbonyl (C=O) groups is 7. The van der Waals surface area contributed by atoms with Crippen LogP contribution in [0.5, 0.6) is 5.75 Å². The number of methoxy groups -OCH3 is 1. The molecule has 5 amide bonds. The van der Waals surface area contributed by atoms with Gasteiger partial charge in [-0.25, -0.2) is 9.59 Å². The number of hydrogen-bond acceptors (Lipinski definition) is 11. The van der Waals surface area contributed by atoms with Crippen LogP contribution < -0.4 is 31.3 Å². The molecular weight excluding hydrogens is 809 g/mol. The van der Waals surface area contributed by atoms with Gasteiger partial charge in [0.2, 0.25) is 5.91 Å². The first-order valence-electron chi connectivity index (χ1n) is 18.4. The molecule has 0 spiro atoms.